The molecular weight excluding hydrogens is 761 g/mol. The van der Waals surface area contributed by atoms with Crippen LogP contribution in [0.3, 0.4) is 0 Å². The molecule has 3 fully saturated rings. The van der Waals surface area contributed by atoms with E-state index in [1.54, 1.807) is 0 Å². The minimum atomic E-state index is -0.686. The number of benzene rings is 3. The first kappa shape index (κ1) is 40.6. The Morgan fingerprint density at radius 3 is 1.92 bits per heavy atom. The number of imidazole rings is 2. The number of carbonyl (C=O) groups excluding carboxylic acids is 4. The number of likely N-dealkylation sites (tertiary alicyclic amines) is 2. The zero-order valence-corrected chi connectivity index (χ0v) is 35.0. The van der Waals surface area contributed by atoms with Crippen molar-refractivity contribution < 1.29 is 28.7 Å². The number of nitrogens with one attached hydrogen (secondary N) is 4. The van der Waals surface area contributed by atoms with Crippen LogP contribution in [-0.4, -0.2) is 92.6 Å². The summed E-state index contributed by atoms with van der Waals surface area (Å²) >= 11 is 0. The van der Waals surface area contributed by atoms with Crippen molar-refractivity contribution >= 4 is 35.0 Å². The average molecular weight is 815 g/mol. The van der Waals surface area contributed by atoms with Crippen LogP contribution in [0.4, 0.5) is 9.59 Å². The molecule has 4 amide bonds. The summed E-state index contributed by atoms with van der Waals surface area (Å²) in [6.45, 7) is 8.27. The second-order valence-electron chi connectivity index (χ2n) is 17.0. The van der Waals surface area contributed by atoms with Gasteiger partial charge in [0.15, 0.2) is 0 Å². The lowest BCUT2D eigenvalue weighted by molar-refractivity contribution is -0.139. The molecule has 2 unspecified atom stereocenters. The summed E-state index contributed by atoms with van der Waals surface area (Å²) in [6, 6.07) is 21.4. The predicted molar refractivity (Wildman–Crippen MR) is 227 cm³/mol. The Bertz CT molecular complexity index is 2370. The van der Waals surface area contributed by atoms with Gasteiger partial charge < -0.3 is 39.9 Å². The lowest BCUT2D eigenvalue weighted by atomic mass is 9.95. The van der Waals surface area contributed by atoms with Crippen LogP contribution < -0.4 is 10.6 Å². The Morgan fingerprint density at radius 1 is 0.717 bits per heavy atom. The Kier molecular flexibility index (Phi) is 11.4. The molecule has 2 bridgehead atoms. The van der Waals surface area contributed by atoms with Crippen molar-refractivity contribution in [2.45, 2.75) is 90.0 Å². The van der Waals surface area contributed by atoms with Crippen LogP contribution in [0, 0.1) is 17.8 Å². The SMILES string of the molecule is COC(=O)N[C@H](C(=O)N1CCCC1c1ncc(-c2ccc(-c3ccc(-c4ccc5nc(C6[C@H]7CC[C@H](C7)N6C(=O)[C@@H](NC(=O)OC)C(C)C)[nH]c5c4)cc3)cc2)[nH]1)C(C)C. The summed E-state index contributed by atoms with van der Waals surface area (Å²) in [6.07, 6.45) is 5.15. The molecule has 314 valence electrons. The molecule has 2 aromatic heterocycles. The maximum atomic E-state index is 14.0. The van der Waals surface area contributed by atoms with Crippen molar-refractivity contribution in [1.29, 1.82) is 0 Å². The number of methoxy groups -OCH3 is 2. The number of aromatic nitrogens is 4. The highest BCUT2D eigenvalue weighted by molar-refractivity contribution is 5.88. The smallest absolute Gasteiger partial charge is 0.407 e. The first-order valence-electron chi connectivity index (χ1n) is 21.0. The molecule has 0 spiro atoms. The number of nitrogens with zero attached hydrogens (tertiary/aromatic N) is 4. The molecule has 14 heteroatoms. The number of fused-ring (bicyclic) bond motifs is 3. The highest BCUT2D eigenvalue weighted by atomic mass is 16.5. The maximum Gasteiger partial charge on any atom is 0.407 e. The fraction of sp³-hybridized carbons (Fsp3) is 0.435. The summed E-state index contributed by atoms with van der Waals surface area (Å²) in [4.78, 5) is 72.2. The summed E-state index contributed by atoms with van der Waals surface area (Å²) in [5.41, 5.74) is 7.91. The minimum absolute atomic E-state index is 0.0900. The lowest BCUT2D eigenvalue weighted by Gasteiger charge is -2.37. The molecule has 0 radical (unpaired) electrons. The molecule has 8 rings (SSSR count). The maximum absolute atomic E-state index is 14.0. The number of piperidine rings is 1. The molecule has 3 aromatic carbocycles. The monoisotopic (exact) mass is 814 g/mol. The van der Waals surface area contributed by atoms with Gasteiger partial charge in [0.2, 0.25) is 11.8 Å². The topological polar surface area (TPSA) is 175 Å². The molecule has 1 saturated carbocycles. The number of amides is 4. The highest BCUT2D eigenvalue weighted by Crippen LogP contribution is 2.50. The molecule has 4 heterocycles. The molecule has 14 nitrogen and oxygen atoms in total. The van der Waals surface area contributed by atoms with Gasteiger partial charge in [-0.1, -0.05) is 82.3 Å². The molecular formula is C46H54N8O6. The van der Waals surface area contributed by atoms with Gasteiger partial charge in [-0.2, -0.15) is 0 Å². The fourth-order valence-electron chi connectivity index (χ4n) is 9.41. The standard InChI is InChI=1S/C46H54N8O6/c1-25(2)38(51-45(57)59-5)43(55)53-21-7-8-37(53)41-47-24-36(50-41)30-15-13-28(14-16-30)27-9-11-29(12-10-27)31-18-20-34-35(23-31)49-42(48-34)40-32-17-19-33(22-32)54(40)44(56)39(26(3)4)52-46(58)60-6/h9-16,18,20,23-26,32-33,37-40H,7-8,17,19,21-22H2,1-6H3,(H,47,50)(H,48,49)(H,51,57)(H,52,58)/t32-,33+,37?,38-,39-,40?/m0/s1. The van der Waals surface area contributed by atoms with Crippen molar-refractivity contribution in [3.63, 3.8) is 0 Å². The first-order chi connectivity index (χ1) is 28.9. The zero-order valence-electron chi connectivity index (χ0n) is 35.0. The number of ether oxygens (including phenoxy) is 2. The third kappa shape index (κ3) is 7.82. The number of rotatable bonds is 11. The van der Waals surface area contributed by atoms with E-state index in [-0.39, 0.29) is 41.8 Å². The van der Waals surface area contributed by atoms with Crippen LogP contribution in [0.2, 0.25) is 0 Å². The van der Waals surface area contributed by atoms with E-state index in [9.17, 15) is 19.2 Å². The van der Waals surface area contributed by atoms with Gasteiger partial charge in [-0.15, -0.1) is 0 Å². The number of hydrogen-bond acceptors (Lipinski definition) is 8. The number of hydrogen-bond donors (Lipinski definition) is 4. The van der Waals surface area contributed by atoms with E-state index < -0.39 is 24.3 Å². The summed E-state index contributed by atoms with van der Waals surface area (Å²) in [5.74, 6) is 1.39. The molecule has 5 aromatic rings. The van der Waals surface area contributed by atoms with E-state index in [1.165, 1.54) is 14.2 Å². The first-order valence-corrected chi connectivity index (χ1v) is 21.0. The van der Waals surface area contributed by atoms with Gasteiger partial charge in [0.05, 0.1) is 49.2 Å². The lowest BCUT2D eigenvalue weighted by Crippen LogP contribution is -2.54. The van der Waals surface area contributed by atoms with Crippen LogP contribution in [0.25, 0.3) is 44.5 Å². The minimum Gasteiger partial charge on any atom is -0.453 e. The molecule has 2 aliphatic heterocycles. The summed E-state index contributed by atoms with van der Waals surface area (Å²) in [5, 5.41) is 5.47. The molecule has 1 aliphatic carbocycles. The van der Waals surface area contributed by atoms with Gasteiger partial charge in [-0.3, -0.25) is 9.59 Å². The molecule has 6 atom stereocenters. The number of alkyl carbamates (subject to hydrolysis) is 2. The van der Waals surface area contributed by atoms with Gasteiger partial charge in [-0.25, -0.2) is 19.6 Å². The van der Waals surface area contributed by atoms with Gasteiger partial charge >= 0.3 is 12.2 Å². The molecule has 2 saturated heterocycles. The molecule has 4 N–H and O–H groups in total. The van der Waals surface area contributed by atoms with E-state index in [2.05, 4.69) is 81.3 Å². The molecule has 3 aliphatic rings. The Hall–Kier alpha value is -6.18. The van der Waals surface area contributed by atoms with Crippen LogP contribution in [-0.2, 0) is 19.1 Å². The highest BCUT2D eigenvalue weighted by Gasteiger charge is 2.51. The van der Waals surface area contributed by atoms with Crippen LogP contribution >= 0.6 is 0 Å². The van der Waals surface area contributed by atoms with Crippen LogP contribution in [0.5, 0.6) is 0 Å². The number of carbonyl (C=O) groups is 4. The fourth-order valence-corrected chi connectivity index (χ4v) is 9.41. The van der Waals surface area contributed by atoms with Gasteiger partial charge in [0.25, 0.3) is 0 Å². The largest absolute Gasteiger partial charge is 0.453 e. The van der Waals surface area contributed by atoms with Gasteiger partial charge in [0, 0.05) is 12.6 Å². The quantitative estimate of drug-likeness (QED) is 0.105. The van der Waals surface area contributed by atoms with Gasteiger partial charge in [0.1, 0.15) is 23.7 Å². The van der Waals surface area contributed by atoms with Crippen LogP contribution in [0.15, 0.2) is 72.9 Å². The van der Waals surface area contributed by atoms with Crippen molar-refractivity contribution in [1.82, 2.24) is 40.4 Å². The van der Waals surface area contributed by atoms with E-state index in [0.717, 1.165) is 88.3 Å². The normalized spacial score (nSPS) is 20.8. The Morgan fingerprint density at radius 2 is 1.30 bits per heavy atom. The molecule has 60 heavy (non-hydrogen) atoms. The van der Waals surface area contributed by atoms with E-state index in [4.69, 9.17) is 19.4 Å². The van der Waals surface area contributed by atoms with Crippen molar-refractivity contribution in [3.05, 3.63) is 84.6 Å². The third-order valence-electron chi connectivity index (χ3n) is 12.6. The van der Waals surface area contributed by atoms with Crippen molar-refractivity contribution in [2.24, 2.45) is 17.8 Å². The Balaban J connectivity index is 0.949. The number of H-pyrrole nitrogens is 2. The summed E-state index contributed by atoms with van der Waals surface area (Å²) < 4.78 is 9.60. The van der Waals surface area contributed by atoms with Crippen molar-refractivity contribution in [2.75, 3.05) is 20.8 Å². The van der Waals surface area contributed by atoms with E-state index >= 15 is 0 Å². The average Bonchev–Trinajstić information content (AvgIpc) is 4.12. The van der Waals surface area contributed by atoms with E-state index in [1.807, 2.05) is 49.8 Å². The van der Waals surface area contributed by atoms with Gasteiger partial charge in [-0.05, 0) is 89.8 Å². The van der Waals surface area contributed by atoms with E-state index in [0.29, 0.717) is 12.5 Å². The summed E-state index contributed by atoms with van der Waals surface area (Å²) in [7, 11) is 2.60. The zero-order chi connectivity index (χ0) is 42.2. The predicted octanol–water partition coefficient (Wildman–Crippen LogP) is 7.76. The Labute approximate surface area is 349 Å². The second kappa shape index (κ2) is 16.8. The van der Waals surface area contributed by atoms with Crippen LogP contribution in [0.1, 0.15) is 83.5 Å². The third-order valence-corrected chi connectivity index (χ3v) is 12.6. The number of aromatic amines is 2. The second-order valence-corrected chi connectivity index (χ2v) is 17.0. The van der Waals surface area contributed by atoms with Crippen molar-refractivity contribution in [3.8, 4) is 33.5 Å².